The Hall–Kier alpha value is -3.89. The third kappa shape index (κ3) is 3.09. The summed E-state index contributed by atoms with van der Waals surface area (Å²) in [6.07, 6.45) is 10.6. The summed E-state index contributed by atoms with van der Waals surface area (Å²) in [5.41, 5.74) is 1.92. The molecule has 0 spiro atoms. The lowest BCUT2D eigenvalue weighted by atomic mass is 9.91. The number of nitrogens with zero attached hydrogens (tertiary/aromatic N) is 3. The molecule has 5 rings (SSSR count). The van der Waals surface area contributed by atoms with Crippen molar-refractivity contribution in [3.63, 3.8) is 0 Å². The Kier molecular flexibility index (Phi) is 4.57. The molecule has 1 aromatic carbocycles. The molecule has 5 nitrogen and oxygen atoms in total. The molecule has 0 N–H and O–H groups in total. The summed E-state index contributed by atoms with van der Waals surface area (Å²) in [5.74, 6) is 1.27. The fourth-order valence-electron chi connectivity index (χ4n) is 4.02. The number of allylic oxidation sites excluding steroid dienone is 1. The van der Waals surface area contributed by atoms with Crippen molar-refractivity contribution in [3.8, 4) is 29.2 Å². The molecule has 0 aliphatic carbocycles. The van der Waals surface area contributed by atoms with Crippen molar-refractivity contribution in [2.24, 2.45) is 4.99 Å². The second kappa shape index (κ2) is 7.42. The van der Waals surface area contributed by atoms with Gasteiger partial charge in [-0.15, -0.1) is 6.42 Å². The van der Waals surface area contributed by atoms with Crippen LogP contribution >= 0.6 is 0 Å². The van der Waals surface area contributed by atoms with E-state index in [9.17, 15) is 13.6 Å². The Morgan fingerprint density at radius 2 is 2.06 bits per heavy atom. The number of dihydropyridines is 1. The zero-order chi connectivity index (χ0) is 21.5. The molecule has 2 aliphatic heterocycles. The maximum Gasteiger partial charge on any atom is 0.263 e. The summed E-state index contributed by atoms with van der Waals surface area (Å²) in [7, 11) is 0. The van der Waals surface area contributed by atoms with Gasteiger partial charge in [-0.3, -0.25) is 19.3 Å². The van der Waals surface area contributed by atoms with Crippen LogP contribution < -0.4 is 5.56 Å². The van der Waals surface area contributed by atoms with E-state index in [2.05, 4.69) is 15.9 Å². The van der Waals surface area contributed by atoms with Crippen LogP contribution in [-0.2, 0) is 11.3 Å². The molecule has 0 saturated heterocycles. The van der Waals surface area contributed by atoms with Gasteiger partial charge in [0.25, 0.3) is 5.56 Å². The van der Waals surface area contributed by atoms with E-state index in [-0.39, 0.29) is 17.7 Å². The molecule has 2 unspecified atom stereocenters. The second-order valence-corrected chi connectivity index (χ2v) is 7.17. The first-order valence-electron chi connectivity index (χ1n) is 9.55. The molecule has 0 bridgehead atoms. The van der Waals surface area contributed by atoms with Gasteiger partial charge >= 0.3 is 0 Å². The third-order valence-corrected chi connectivity index (χ3v) is 5.41. The zero-order valence-electron chi connectivity index (χ0n) is 16.1. The fourth-order valence-corrected chi connectivity index (χ4v) is 4.02. The molecule has 7 heteroatoms. The lowest BCUT2D eigenvalue weighted by Crippen LogP contribution is -2.34. The average molecular weight is 415 g/mol. The second-order valence-electron chi connectivity index (χ2n) is 7.17. The Bertz CT molecular complexity index is 1350. The number of aliphatic imine (C=N–C) groups is 1. The molecule has 0 radical (unpaired) electrons. The Labute approximate surface area is 176 Å². The Balaban J connectivity index is 1.84. The summed E-state index contributed by atoms with van der Waals surface area (Å²) < 4.78 is 35.4. The number of hydrogen-bond donors (Lipinski definition) is 0. The van der Waals surface area contributed by atoms with E-state index in [1.165, 1.54) is 22.8 Å². The number of ether oxygens (including phenoxy) is 1. The Morgan fingerprint density at radius 1 is 1.19 bits per heavy atom. The quantitative estimate of drug-likeness (QED) is 0.597. The minimum absolute atomic E-state index is 0.000943. The molecular weight excluding hydrogens is 400 g/mol. The van der Waals surface area contributed by atoms with Gasteiger partial charge in [-0.2, -0.15) is 0 Å². The Morgan fingerprint density at radius 3 is 2.84 bits per heavy atom. The fraction of sp³-hybridized carbons (Fsp3) is 0.125. The summed E-state index contributed by atoms with van der Waals surface area (Å²) in [5, 5.41) is 0. The van der Waals surface area contributed by atoms with E-state index in [0.717, 1.165) is 6.21 Å². The number of terminal acetylenes is 1. The molecule has 4 heterocycles. The largest absolute Gasteiger partial charge is 0.365 e. The summed E-state index contributed by atoms with van der Waals surface area (Å²) in [6, 6.07) is 8.92. The van der Waals surface area contributed by atoms with Crippen molar-refractivity contribution in [1.29, 1.82) is 0 Å². The summed E-state index contributed by atoms with van der Waals surface area (Å²) >= 11 is 0. The number of rotatable bonds is 2. The van der Waals surface area contributed by atoms with Crippen molar-refractivity contribution >= 4 is 6.21 Å². The SMILES string of the molecule is C#Cc1c(F)cccc1-c1cc2c(n(-c3cccnc3)c1=O)COC1C=C(F)C=NC21. The molecule has 3 aromatic rings. The van der Waals surface area contributed by atoms with Gasteiger partial charge in [0.1, 0.15) is 23.8 Å². The van der Waals surface area contributed by atoms with Gasteiger partial charge in [-0.05, 0) is 30.3 Å². The van der Waals surface area contributed by atoms with Crippen LogP contribution in [0, 0.1) is 18.2 Å². The highest BCUT2D eigenvalue weighted by molar-refractivity contribution is 5.78. The number of hydrogen-bond acceptors (Lipinski definition) is 4. The van der Waals surface area contributed by atoms with E-state index in [1.54, 1.807) is 36.7 Å². The third-order valence-electron chi connectivity index (χ3n) is 5.41. The molecular formula is C24H15F2N3O2. The highest BCUT2D eigenvalue weighted by Crippen LogP contribution is 2.38. The van der Waals surface area contributed by atoms with Crippen molar-refractivity contribution in [1.82, 2.24) is 9.55 Å². The van der Waals surface area contributed by atoms with Crippen LogP contribution in [0.1, 0.15) is 22.9 Å². The van der Waals surface area contributed by atoms with Gasteiger partial charge in [0.05, 0.1) is 36.0 Å². The topological polar surface area (TPSA) is 56.5 Å². The first kappa shape index (κ1) is 19.1. The van der Waals surface area contributed by atoms with Crippen LogP contribution in [0.25, 0.3) is 16.8 Å². The predicted molar refractivity (Wildman–Crippen MR) is 112 cm³/mol. The molecule has 2 atom stereocenters. The molecule has 31 heavy (non-hydrogen) atoms. The van der Waals surface area contributed by atoms with E-state index < -0.39 is 29.3 Å². The smallest absolute Gasteiger partial charge is 0.263 e. The highest BCUT2D eigenvalue weighted by atomic mass is 19.1. The number of aromatic nitrogens is 2. The monoisotopic (exact) mass is 415 g/mol. The van der Waals surface area contributed by atoms with Crippen LogP contribution in [0.3, 0.4) is 0 Å². The molecule has 2 aromatic heterocycles. The van der Waals surface area contributed by atoms with Crippen LogP contribution in [0.5, 0.6) is 0 Å². The number of pyridine rings is 2. The first-order valence-corrected chi connectivity index (χ1v) is 9.55. The van der Waals surface area contributed by atoms with E-state index in [4.69, 9.17) is 11.2 Å². The minimum atomic E-state index is -0.607. The number of benzene rings is 1. The molecule has 0 fully saturated rings. The summed E-state index contributed by atoms with van der Waals surface area (Å²) in [6.45, 7) is 0.0748. The van der Waals surface area contributed by atoms with Gasteiger partial charge < -0.3 is 4.74 Å². The average Bonchev–Trinajstić information content (AvgIpc) is 2.78. The van der Waals surface area contributed by atoms with Gasteiger partial charge in [0, 0.05) is 22.9 Å². The lowest BCUT2D eigenvalue weighted by Gasteiger charge is -2.33. The number of halogens is 2. The molecule has 152 valence electrons. The van der Waals surface area contributed by atoms with Gasteiger partial charge in [-0.1, -0.05) is 18.1 Å². The summed E-state index contributed by atoms with van der Waals surface area (Å²) in [4.78, 5) is 22.0. The standard InChI is InChI=1S/C24H15F2N3O2/c1-2-16-17(6-3-7-20(16)26)18-10-19-21(13-31-22-9-14(25)11-28-23(19)22)29(24(18)30)15-5-4-8-27-12-15/h1,3-12,22-23H,13H2. The van der Waals surface area contributed by atoms with Gasteiger partial charge in [0.2, 0.25) is 0 Å². The van der Waals surface area contributed by atoms with Gasteiger partial charge in [-0.25, -0.2) is 8.78 Å². The van der Waals surface area contributed by atoms with Crippen molar-refractivity contribution in [2.45, 2.75) is 18.8 Å². The lowest BCUT2D eigenvalue weighted by molar-refractivity contribution is 0.0346. The van der Waals surface area contributed by atoms with Gasteiger partial charge in [0.15, 0.2) is 0 Å². The molecule has 2 aliphatic rings. The highest BCUT2D eigenvalue weighted by Gasteiger charge is 2.34. The predicted octanol–water partition coefficient (Wildman–Crippen LogP) is 3.90. The minimum Gasteiger partial charge on any atom is -0.365 e. The maximum absolute atomic E-state index is 14.4. The first-order chi connectivity index (χ1) is 15.1. The molecule has 0 amide bonds. The van der Waals surface area contributed by atoms with E-state index in [0.29, 0.717) is 22.5 Å². The van der Waals surface area contributed by atoms with Crippen LogP contribution in [-0.4, -0.2) is 21.9 Å². The molecule has 0 saturated carbocycles. The van der Waals surface area contributed by atoms with Crippen molar-refractivity contribution in [2.75, 3.05) is 0 Å². The van der Waals surface area contributed by atoms with Crippen LogP contribution in [0.15, 0.2) is 70.5 Å². The van der Waals surface area contributed by atoms with Crippen LogP contribution in [0.2, 0.25) is 0 Å². The zero-order valence-corrected chi connectivity index (χ0v) is 16.1. The van der Waals surface area contributed by atoms with Crippen molar-refractivity contribution in [3.05, 3.63) is 93.7 Å². The normalized spacial score (nSPS) is 19.2. The van der Waals surface area contributed by atoms with E-state index in [1.807, 2.05) is 0 Å². The van der Waals surface area contributed by atoms with Crippen LogP contribution in [0.4, 0.5) is 8.78 Å². The number of fused-ring (bicyclic) bond motifs is 3. The maximum atomic E-state index is 14.4. The van der Waals surface area contributed by atoms with E-state index >= 15 is 0 Å². The van der Waals surface area contributed by atoms with Crippen molar-refractivity contribution < 1.29 is 13.5 Å².